The highest BCUT2D eigenvalue weighted by Crippen LogP contribution is 2.19. The number of carbonyl (C=O) groups excluding carboxylic acids is 1. The van der Waals surface area contributed by atoms with E-state index < -0.39 is 15.8 Å². The number of halogens is 1. The largest absolute Gasteiger partial charge is 0.491 e. The van der Waals surface area contributed by atoms with E-state index in [2.05, 4.69) is 10.0 Å². The molecule has 1 amide bonds. The van der Waals surface area contributed by atoms with Crippen LogP contribution >= 0.6 is 0 Å². The molecule has 3 aromatic rings. The molecule has 0 aliphatic rings. The fourth-order valence-electron chi connectivity index (χ4n) is 2.68. The highest BCUT2D eigenvalue weighted by atomic mass is 32.2. The van der Waals surface area contributed by atoms with Gasteiger partial charge in [0.1, 0.15) is 18.2 Å². The Hall–Kier alpha value is -3.39. The fourth-order valence-corrected chi connectivity index (χ4v) is 3.75. The molecular weight excluding hydrogens is 407 g/mol. The molecule has 3 rings (SSSR count). The van der Waals surface area contributed by atoms with Gasteiger partial charge in [-0.1, -0.05) is 30.3 Å². The molecule has 0 heterocycles. The number of hydrogen-bond acceptors (Lipinski definition) is 4. The van der Waals surface area contributed by atoms with E-state index in [1.165, 1.54) is 42.5 Å². The summed E-state index contributed by atoms with van der Waals surface area (Å²) in [5, 5.41) is 2.72. The fraction of sp³-hybridized carbons (Fsp3) is 0.136. The Bertz CT molecular complexity index is 1130. The summed E-state index contributed by atoms with van der Waals surface area (Å²) in [6.45, 7) is 2.53. The molecule has 0 aromatic heterocycles. The van der Waals surface area contributed by atoms with Crippen LogP contribution in [0.2, 0.25) is 0 Å². The lowest BCUT2D eigenvalue weighted by atomic mass is 10.2. The number of hydrogen-bond donors (Lipinski definition) is 2. The van der Waals surface area contributed by atoms with Gasteiger partial charge < -0.3 is 10.1 Å². The predicted octanol–water partition coefficient (Wildman–Crippen LogP) is 3.74. The lowest BCUT2D eigenvalue weighted by molar-refractivity contribution is 0.0947. The minimum Gasteiger partial charge on any atom is -0.491 e. The zero-order valence-electron chi connectivity index (χ0n) is 16.3. The van der Waals surface area contributed by atoms with Gasteiger partial charge in [-0.25, -0.2) is 12.8 Å². The van der Waals surface area contributed by atoms with Gasteiger partial charge in [0.25, 0.3) is 15.9 Å². The van der Waals surface area contributed by atoms with Gasteiger partial charge in [0.15, 0.2) is 0 Å². The molecule has 0 fully saturated rings. The average molecular weight is 428 g/mol. The maximum Gasteiger partial charge on any atom is 0.261 e. The third kappa shape index (κ3) is 5.36. The number of amides is 1. The summed E-state index contributed by atoms with van der Waals surface area (Å²) >= 11 is 0. The smallest absolute Gasteiger partial charge is 0.261 e. The van der Waals surface area contributed by atoms with Crippen LogP contribution in [-0.4, -0.2) is 27.5 Å². The number of para-hydroxylation sites is 2. The maximum atomic E-state index is 13.7. The topological polar surface area (TPSA) is 84.5 Å². The van der Waals surface area contributed by atoms with Crippen LogP contribution in [-0.2, 0) is 10.0 Å². The van der Waals surface area contributed by atoms with Crippen molar-refractivity contribution in [3.8, 4) is 5.75 Å². The van der Waals surface area contributed by atoms with Gasteiger partial charge >= 0.3 is 0 Å². The molecule has 0 aliphatic carbocycles. The Kier molecular flexibility index (Phi) is 6.68. The van der Waals surface area contributed by atoms with Gasteiger partial charge in [-0.2, -0.15) is 0 Å². The van der Waals surface area contributed by atoms with Gasteiger partial charge in [0, 0.05) is 5.56 Å². The van der Waals surface area contributed by atoms with E-state index in [9.17, 15) is 17.6 Å². The van der Waals surface area contributed by atoms with Crippen molar-refractivity contribution >= 4 is 21.6 Å². The summed E-state index contributed by atoms with van der Waals surface area (Å²) in [4.78, 5) is 12.2. The molecule has 3 aromatic carbocycles. The van der Waals surface area contributed by atoms with Crippen molar-refractivity contribution in [1.82, 2.24) is 5.32 Å². The number of carbonyl (C=O) groups is 1. The van der Waals surface area contributed by atoms with E-state index in [0.717, 1.165) is 17.4 Å². The second kappa shape index (κ2) is 9.41. The van der Waals surface area contributed by atoms with Crippen LogP contribution in [0.5, 0.6) is 5.75 Å². The average Bonchev–Trinajstić information content (AvgIpc) is 2.74. The number of benzene rings is 3. The number of sulfonamides is 1. The van der Waals surface area contributed by atoms with Crippen molar-refractivity contribution in [2.24, 2.45) is 0 Å². The quantitative estimate of drug-likeness (QED) is 0.536. The summed E-state index contributed by atoms with van der Waals surface area (Å²) in [5.74, 6) is -0.275. The van der Waals surface area contributed by atoms with Gasteiger partial charge in [0.2, 0.25) is 0 Å². The molecule has 0 saturated heterocycles. The lowest BCUT2D eigenvalue weighted by Gasteiger charge is -2.11. The summed E-state index contributed by atoms with van der Waals surface area (Å²) in [7, 11) is -3.98. The SMILES string of the molecule is Cc1ccccc1OCCNC(=O)c1ccc(S(=O)(=O)Nc2ccccc2F)cc1. The Morgan fingerprint density at radius 1 is 0.967 bits per heavy atom. The second-order valence-corrected chi connectivity index (χ2v) is 8.16. The first kappa shape index (κ1) is 21.3. The van der Waals surface area contributed by atoms with Gasteiger partial charge in [-0.05, 0) is 55.0 Å². The van der Waals surface area contributed by atoms with Crippen molar-refractivity contribution in [2.45, 2.75) is 11.8 Å². The van der Waals surface area contributed by atoms with Crippen LogP contribution in [0.1, 0.15) is 15.9 Å². The molecule has 2 N–H and O–H groups in total. The molecule has 0 spiro atoms. The van der Waals surface area contributed by atoms with Gasteiger partial charge in [-0.15, -0.1) is 0 Å². The third-order valence-corrected chi connectivity index (χ3v) is 5.67. The standard InChI is InChI=1S/C22H21FN2O4S/c1-16-6-2-5-9-21(16)29-15-14-24-22(26)17-10-12-18(13-11-17)30(27,28)25-20-8-4-3-7-19(20)23/h2-13,25H,14-15H2,1H3,(H,24,26). The zero-order valence-corrected chi connectivity index (χ0v) is 17.1. The van der Waals surface area contributed by atoms with Crippen LogP contribution in [0.25, 0.3) is 0 Å². The van der Waals surface area contributed by atoms with Crippen molar-refractivity contribution < 1.29 is 22.3 Å². The van der Waals surface area contributed by atoms with Crippen LogP contribution in [0.15, 0.2) is 77.7 Å². The number of anilines is 1. The molecular formula is C22H21FN2O4S. The molecule has 0 aliphatic heterocycles. The molecule has 0 unspecified atom stereocenters. The third-order valence-electron chi connectivity index (χ3n) is 4.28. The van der Waals surface area contributed by atoms with Crippen molar-refractivity contribution in [1.29, 1.82) is 0 Å². The lowest BCUT2D eigenvalue weighted by Crippen LogP contribution is -2.28. The summed E-state index contributed by atoms with van der Waals surface area (Å²) in [5.41, 5.74) is 1.16. The van der Waals surface area contributed by atoms with E-state index in [-0.39, 0.29) is 16.5 Å². The number of aryl methyl sites for hydroxylation is 1. The van der Waals surface area contributed by atoms with E-state index in [1.54, 1.807) is 0 Å². The second-order valence-electron chi connectivity index (χ2n) is 6.48. The molecule has 0 saturated carbocycles. The van der Waals surface area contributed by atoms with E-state index in [4.69, 9.17) is 4.74 Å². The molecule has 156 valence electrons. The number of ether oxygens (including phenoxy) is 1. The summed E-state index contributed by atoms with van der Waals surface area (Å²) in [6.07, 6.45) is 0. The molecule has 0 radical (unpaired) electrons. The van der Waals surface area contributed by atoms with Crippen molar-refractivity contribution in [2.75, 3.05) is 17.9 Å². The predicted molar refractivity (Wildman–Crippen MR) is 113 cm³/mol. The first-order chi connectivity index (χ1) is 14.4. The van der Waals surface area contributed by atoms with E-state index >= 15 is 0 Å². The highest BCUT2D eigenvalue weighted by Gasteiger charge is 2.17. The van der Waals surface area contributed by atoms with Crippen LogP contribution in [0.3, 0.4) is 0 Å². The van der Waals surface area contributed by atoms with E-state index in [1.807, 2.05) is 31.2 Å². The minimum absolute atomic E-state index is 0.0785. The number of nitrogens with one attached hydrogen (secondary N) is 2. The number of rotatable bonds is 8. The van der Waals surface area contributed by atoms with Gasteiger partial charge in [0.05, 0.1) is 17.1 Å². The summed E-state index contributed by atoms with van der Waals surface area (Å²) in [6, 6.07) is 18.4. The van der Waals surface area contributed by atoms with E-state index in [0.29, 0.717) is 18.7 Å². The van der Waals surface area contributed by atoms with Crippen LogP contribution in [0, 0.1) is 12.7 Å². The first-order valence-corrected chi connectivity index (χ1v) is 10.7. The van der Waals surface area contributed by atoms with Crippen molar-refractivity contribution in [3.63, 3.8) is 0 Å². The van der Waals surface area contributed by atoms with Crippen molar-refractivity contribution in [3.05, 3.63) is 89.7 Å². The molecule has 8 heteroatoms. The molecule has 0 bridgehead atoms. The maximum absolute atomic E-state index is 13.7. The minimum atomic E-state index is -3.98. The highest BCUT2D eigenvalue weighted by molar-refractivity contribution is 7.92. The first-order valence-electron chi connectivity index (χ1n) is 9.21. The normalized spacial score (nSPS) is 11.0. The Labute approximate surface area is 174 Å². The Balaban J connectivity index is 1.56. The monoisotopic (exact) mass is 428 g/mol. The molecule has 6 nitrogen and oxygen atoms in total. The van der Waals surface area contributed by atoms with Gasteiger partial charge in [-0.3, -0.25) is 9.52 Å². The van der Waals surface area contributed by atoms with Crippen LogP contribution in [0.4, 0.5) is 10.1 Å². The molecule has 0 atom stereocenters. The summed E-state index contributed by atoms with van der Waals surface area (Å²) < 4.78 is 46.3. The Morgan fingerprint density at radius 3 is 2.33 bits per heavy atom. The molecule has 30 heavy (non-hydrogen) atoms. The zero-order chi connectivity index (χ0) is 21.6. The van der Waals surface area contributed by atoms with Crippen LogP contribution < -0.4 is 14.8 Å². The Morgan fingerprint density at radius 2 is 1.63 bits per heavy atom.